The number of anilines is 1. The van der Waals surface area contributed by atoms with Crippen molar-refractivity contribution in [2.45, 2.75) is 19.1 Å². The van der Waals surface area contributed by atoms with Gasteiger partial charge in [-0.05, 0) is 29.2 Å². The van der Waals surface area contributed by atoms with Crippen LogP contribution < -0.4 is 10.6 Å². The fourth-order valence-corrected chi connectivity index (χ4v) is 3.13. The van der Waals surface area contributed by atoms with Crippen LogP contribution in [0.3, 0.4) is 0 Å². The van der Waals surface area contributed by atoms with Crippen molar-refractivity contribution in [3.63, 3.8) is 0 Å². The molecule has 1 unspecified atom stereocenters. The van der Waals surface area contributed by atoms with Crippen LogP contribution in [0.4, 0.5) is 5.69 Å². The molecule has 0 fully saturated rings. The molecule has 0 radical (unpaired) electrons. The summed E-state index contributed by atoms with van der Waals surface area (Å²) in [6.07, 6.45) is 1.11. The highest BCUT2D eigenvalue weighted by atomic mass is 16.5. The fourth-order valence-electron chi connectivity index (χ4n) is 3.13. The first-order chi connectivity index (χ1) is 10.3. The molecular weight excluding hydrogens is 260 g/mol. The van der Waals surface area contributed by atoms with Crippen molar-refractivity contribution in [3.8, 4) is 0 Å². The van der Waals surface area contributed by atoms with E-state index in [0.29, 0.717) is 13.2 Å². The van der Waals surface area contributed by atoms with E-state index in [1.165, 1.54) is 22.4 Å². The van der Waals surface area contributed by atoms with E-state index in [4.69, 9.17) is 10.5 Å². The molecule has 2 N–H and O–H groups in total. The van der Waals surface area contributed by atoms with E-state index in [2.05, 4.69) is 53.4 Å². The maximum Gasteiger partial charge on any atom is 0.0713 e. The van der Waals surface area contributed by atoms with Gasteiger partial charge in [-0.15, -0.1) is 0 Å². The molecule has 1 aliphatic rings. The smallest absolute Gasteiger partial charge is 0.0713 e. The van der Waals surface area contributed by atoms with Gasteiger partial charge in [0.05, 0.1) is 12.6 Å². The third-order valence-corrected chi connectivity index (χ3v) is 4.20. The van der Waals surface area contributed by atoms with Gasteiger partial charge in [0.15, 0.2) is 0 Å². The Morgan fingerprint density at radius 3 is 2.62 bits per heavy atom. The fraction of sp³-hybridized carbons (Fsp3) is 0.333. The largest absolute Gasteiger partial charge is 0.380 e. The highest BCUT2D eigenvalue weighted by Gasteiger charge is 2.25. The van der Waals surface area contributed by atoms with Crippen molar-refractivity contribution >= 4 is 5.69 Å². The maximum absolute atomic E-state index is 6.07. The molecule has 3 heteroatoms. The van der Waals surface area contributed by atoms with Crippen molar-refractivity contribution in [2.24, 2.45) is 5.73 Å². The minimum absolute atomic E-state index is 0.241. The summed E-state index contributed by atoms with van der Waals surface area (Å²) in [4.78, 5) is 2.43. The molecule has 1 aliphatic heterocycles. The average molecular weight is 282 g/mol. The summed E-state index contributed by atoms with van der Waals surface area (Å²) in [5.74, 6) is 0. The zero-order valence-electron chi connectivity index (χ0n) is 12.5. The van der Waals surface area contributed by atoms with Crippen molar-refractivity contribution < 1.29 is 4.74 Å². The van der Waals surface area contributed by atoms with Crippen LogP contribution in [0, 0.1) is 0 Å². The van der Waals surface area contributed by atoms with Crippen LogP contribution in [0.1, 0.15) is 22.7 Å². The highest BCUT2D eigenvalue weighted by molar-refractivity contribution is 5.59. The molecule has 0 aliphatic carbocycles. The van der Waals surface area contributed by atoms with Crippen molar-refractivity contribution in [3.05, 3.63) is 65.2 Å². The Labute approximate surface area is 126 Å². The number of nitrogens with two attached hydrogens (primary N) is 1. The maximum atomic E-state index is 6.07. The van der Waals surface area contributed by atoms with E-state index < -0.39 is 0 Å². The molecular formula is C18H22N2O. The molecule has 0 saturated carbocycles. The Hall–Kier alpha value is -1.84. The molecule has 21 heavy (non-hydrogen) atoms. The van der Waals surface area contributed by atoms with Gasteiger partial charge in [-0.1, -0.05) is 42.5 Å². The zero-order chi connectivity index (χ0) is 14.7. The number of para-hydroxylation sites is 1. The first-order valence-electron chi connectivity index (χ1n) is 7.46. The lowest BCUT2D eigenvalue weighted by Gasteiger charge is -2.30. The Morgan fingerprint density at radius 2 is 1.90 bits per heavy atom. The quantitative estimate of drug-likeness (QED) is 0.916. The molecule has 2 aromatic rings. The molecule has 1 atom stereocenters. The second kappa shape index (κ2) is 6.29. The average Bonchev–Trinajstić information content (AvgIpc) is 2.94. The van der Waals surface area contributed by atoms with Crippen LogP contribution in [0.5, 0.6) is 0 Å². The summed E-state index contributed by atoms with van der Waals surface area (Å²) >= 11 is 0. The summed E-state index contributed by atoms with van der Waals surface area (Å²) in [5.41, 5.74) is 11.3. The van der Waals surface area contributed by atoms with Gasteiger partial charge < -0.3 is 15.4 Å². The molecule has 0 bridgehead atoms. The Balaban J connectivity index is 1.85. The third-order valence-electron chi connectivity index (χ3n) is 4.20. The SMILES string of the molecule is COCc1ccc(C(CN)N2CCc3ccccc32)cc1. The Morgan fingerprint density at radius 1 is 1.14 bits per heavy atom. The number of hydrogen-bond acceptors (Lipinski definition) is 3. The van der Waals surface area contributed by atoms with Crippen molar-refractivity contribution in [1.29, 1.82) is 0 Å². The predicted octanol–water partition coefficient (Wildman–Crippen LogP) is 2.90. The second-order valence-electron chi connectivity index (χ2n) is 5.50. The summed E-state index contributed by atoms with van der Waals surface area (Å²) in [6, 6.07) is 17.5. The van der Waals surface area contributed by atoms with Crippen LogP contribution in [-0.4, -0.2) is 20.2 Å². The van der Waals surface area contributed by atoms with Crippen LogP contribution >= 0.6 is 0 Å². The van der Waals surface area contributed by atoms with E-state index in [-0.39, 0.29) is 6.04 Å². The standard InChI is InChI=1S/C18H22N2O/c1-21-13-14-6-8-16(9-7-14)18(12-19)20-11-10-15-4-2-3-5-17(15)20/h2-9,18H,10-13,19H2,1H3. The van der Waals surface area contributed by atoms with Crippen LogP contribution in [0.2, 0.25) is 0 Å². The van der Waals surface area contributed by atoms with Crippen LogP contribution in [0.25, 0.3) is 0 Å². The van der Waals surface area contributed by atoms with Gasteiger partial charge in [-0.2, -0.15) is 0 Å². The first-order valence-corrected chi connectivity index (χ1v) is 7.46. The lowest BCUT2D eigenvalue weighted by molar-refractivity contribution is 0.185. The lowest BCUT2D eigenvalue weighted by atomic mass is 10.0. The Bertz CT molecular complexity index is 594. The number of nitrogens with zero attached hydrogens (tertiary/aromatic N) is 1. The van der Waals surface area contributed by atoms with Gasteiger partial charge in [-0.25, -0.2) is 0 Å². The first kappa shape index (κ1) is 14.1. The van der Waals surface area contributed by atoms with E-state index in [0.717, 1.165) is 13.0 Å². The molecule has 0 saturated heterocycles. The normalized spacial score (nSPS) is 15.0. The summed E-state index contributed by atoms with van der Waals surface area (Å²) in [7, 11) is 1.72. The van der Waals surface area contributed by atoms with Gasteiger partial charge in [0.1, 0.15) is 0 Å². The Kier molecular flexibility index (Phi) is 4.23. The minimum Gasteiger partial charge on any atom is -0.380 e. The summed E-state index contributed by atoms with van der Waals surface area (Å²) < 4.78 is 5.17. The molecule has 3 rings (SSSR count). The molecule has 0 spiro atoms. The van der Waals surface area contributed by atoms with E-state index in [9.17, 15) is 0 Å². The second-order valence-corrected chi connectivity index (χ2v) is 5.50. The van der Waals surface area contributed by atoms with Crippen molar-refractivity contribution in [2.75, 3.05) is 25.1 Å². The zero-order valence-corrected chi connectivity index (χ0v) is 12.5. The number of benzene rings is 2. The van der Waals surface area contributed by atoms with Gasteiger partial charge in [0.2, 0.25) is 0 Å². The number of ether oxygens (including phenoxy) is 1. The third kappa shape index (κ3) is 2.80. The number of fused-ring (bicyclic) bond motifs is 1. The molecule has 1 heterocycles. The van der Waals surface area contributed by atoms with Gasteiger partial charge in [-0.3, -0.25) is 0 Å². The summed E-state index contributed by atoms with van der Waals surface area (Å²) in [5, 5.41) is 0. The van der Waals surface area contributed by atoms with Gasteiger partial charge >= 0.3 is 0 Å². The van der Waals surface area contributed by atoms with Crippen LogP contribution in [0.15, 0.2) is 48.5 Å². The van der Waals surface area contributed by atoms with E-state index in [1.54, 1.807) is 7.11 Å². The van der Waals surface area contributed by atoms with E-state index in [1.807, 2.05) is 0 Å². The molecule has 110 valence electrons. The lowest BCUT2D eigenvalue weighted by Crippen LogP contribution is -2.32. The topological polar surface area (TPSA) is 38.5 Å². The van der Waals surface area contributed by atoms with Crippen molar-refractivity contribution in [1.82, 2.24) is 0 Å². The molecule has 3 nitrogen and oxygen atoms in total. The number of methoxy groups -OCH3 is 1. The highest BCUT2D eigenvalue weighted by Crippen LogP contribution is 2.34. The number of rotatable bonds is 5. The predicted molar refractivity (Wildman–Crippen MR) is 86.4 cm³/mol. The summed E-state index contributed by atoms with van der Waals surface area (Å²) in [6.45, 7) is 2.32. The molecule has 0 aromatic heterocycles. The van der Waals surface area contributed by atoms with Crippen LogP contribution in [-0.2, 0) is 17.8 Å². The van der Waals surface area contributed by atoms with Gasteiger partial charge in [0.25, 0.3) is 0 Å². The molecule has 0 amide bonds. The minimum atomic E-state index is 0.241. The van der Waals surface area contributed by atoms with E-state index >= 15 is 0 Å². The monoisotopic (exact) mass is 282 g/mol. The molecule has 2 aromatic carbocycles. The van der Waals surface area contributed by atoms with Gasteiger partial charge in [0, 0.05) is 25.9 Å². The number of hydrogen-bond donors (Lipinski definition) is 1.